The summed E-state index contributed by atoms with van der Waals surface area (Å²) in [4.78, 5) is 23.4. The van der Waals surface area contributed by atoms with Crippen molar-refractivity contribution in [3.05, 3.63) is 53.4 Å². The quantitative estimate of drug-likeness (QED) is 0.607. The Bertz CT molecular complexity index is 697. The average molecular weight is 316 g/mol. The Hall–Kier alpha value is -2.76. The highest BCUT2D eigenvalue weighted by Crippen LogP contribution is 2.08. The van der Waals surface area contributed by atoms with Gasteiger partial charge in [-0.25, -0.2) is 0 Å². The van der Waals surface area contributed by atoms with Gasteiger partial charge in [0.05, 0.1) is 6.26 Å². The van der Waals surface area contributed by atoms with E-state index in [4.69, 9.17) is 8.83 Å². The standard InChI is InChI=1S/C17H20N2O4/c1-12-8-11-22-16(12)17(21)19-10-3-9-18-15(20)7-6-14-5-4-13(2)23-14/h4-8,11H,3,9-10H2,1-2H3,(H,18,20)(H,19,21). The Kier molecular flexibility index (Phi) is 5.80. The van der Waals surface area contributed by atoms with Gasteiger partial charge in [-0.1, -0.05) is 0 Å². The Morgan fingerprint density at radius 2 is 1.91 bits per heavy atom. The van der Waals surface area contributed by atoms with Gasteiger partial charge in [-0.2, -0.15) is 0 Å². The molecule has 0 fully saturated rings. The van der Waals surface area contributed by atoms with Crippen LogP contribution in [0.2, 0.25) is 0 Å². The fraction of sp³-hybridized carbons (Fsp3) is 0.294. The molecule has 2 aromatic heterocycles. The summed E-state index contributed by atoms with van der Waals surface area (Å²) in [6.07, 6.45) is 5.15. The molecule has 2 heterocycles. The third kappa shape index (κ3) is 5.18. The van der Waals surface area contributed by atoms with Crippen molar-refractivity contribution in [2.75, 3.05) is 13.1 Å². The maximum atomic E-state index is 11.8. The van der Waals surface area contributed by atoms with Crippen molar-refractivity contribution in [3.8, 4) is 0 Å². The summed E-state index contributed by atoms with van der Waals surface area (Å²) in [6, 6.07) is 5.37. The molecule has 0 aliphatic heterocycles. The number of carbonyl (C=O) groups excluding carboxylic acids is 2. The molecule has 0 saturated heterocycles. The van der Waals surface area contributed by atoms with E-state index in [1.165, 1.54) is 12.3 Å². The lowest BCUT2D eigenvalue weighted by Crippen LogP contribution is -2.29. The number of nitrogens with one attached hydrogen (secondary N) is 2. The SMILES string of the molecule is Cc1ccc(C=CC(=O)NCCCNC(=O)c2occc2C)o1. The summed E-state index contributed by atoms with van der Waals surface area (Å²) >= 11 is 0. The van der Waals surface area contributed by atoms with Gasteiger partial charge in [-0.15, -0.1) is 0 Å². The first kappa shape index (κ1) is 16.6. The molecule has 0 bridgehead atoms. The second-order valence-electron chi connectivity index (χ2n) is 5.11. The maximum absolute atomic E-state index is 11.8. The average Bonchev–Trinajstić information content (AvgIpc) is 3.13. The molecule has 0 atom stereocenters. The number of hydrogen-bond donors (Lipinski definition) is 2. The minimum absolute atomic E-state index is 0.202. The number of rotatable bonds is 7. The van der Waals surface area contributed by atoms with Crippen molar-refractivity contribution in [1.29, 1.82) is 0 Å². The third-order valence-corrected chi connectivity index (χ3v) is 3.17. The smallest absolute Gasteiger partial charge is 0.287 e. The normalized spacial score (nSPS) is 10.9. The van der Waals surface area contributed by atoms with E-state index in [1.807, 2.05) is 19.9 Å². The van der Waals surface area contributed by atoms with Crippen LogP contribution in [0.4, 0.5) is 0 Å². The monoisotopic (exact) mass is 316 g/mol. The largest absolute Gasteiger partial charge is 0.462 e. The van der Waals surface area contributed by atoms with Crippen LogP contribution < -0.4 is 10.6 Å². The summed E-state index contributed by atoms with van der Waals surface area (Å²) < 4.78 is 10.4. The second kappa shape index (κ2) is 8.03. The van der Waals surface area contributed by atoms with Crippen molar-refractivity contribution in [2.45, 2.75) is 20.3 Å². The summed E-state index contributed by atoms with van der Waals surface area (Å²) in [5.74, 6) is 1.32. The summed E-state index contributed by atoms with van der Waals surface area (Å²) in [5.41, 5.74) is 0.800. The van der Waals surface area contributed by atoms with Gasteiger partial charge in [-0.3, -0.25) is 9.59 Å². The van der Waals surface area contributed by atoms with Gasteiger partial charge >= 0.3 is 0 Å². The van der Waals surface area contributed by atoms with Crippen LogP contribution in [-0.4, -0.2) is 24.9 Å². The zero-order valence-electron chi connectivity index (χ0n) is 13.2. The number of carbonyl (C=O) groups is 2. The van der Waals surface area contributed by atoms with Crippen molar-refractivity contribution in [3.63, 3.8) is 0 Å². The Labute approximate surface area is 134 Å². The Morgan fingerprint density at radius 3 is 2.57 bits per heavy atom. The van der Waals surface area contributed by atoms with Crippen LogP contribution in [0.15, 0.2) is 39.4 Å². The zero-order chi connectivity index (χ0) is 16.7. The highest BCUT2D eigenvalue weighted by Gasteiger charge is 2.11. The van der Waals surface area contributed by atoms with Crippen LogP contribution >= 0.6 is 0 Å². The van der Waals surface area contributed by atoms with E-state index in [9.17, 15) is 9.59 Å². The van der Waals surface area contributed by atoms with Crippen LogP contribution in [0.1, 0.15) is 34.1 Å². The minimum atomic E-state index is -0.244. The molecule has 0 unspecified atom stereocenters. The van der Waals surface area contributed by atoms with Gasteiger partial charge in [0, 0.05) is 24.7 Å². The summed E-state index contributed by atoms with van der Waals surface area (Å²) in [5, 5.41) is 5.48. The topological polar surface area (TPSA) is 84.5 Å². The zero-order valence-corrected chi connectivity index (χ0v) is 13.2. The fourth-order valence-corrected chi connectivity index (χ4v) is 1.95. The molecule has 0 aliphatic rings. The lowest BCUT2D eigenvalue weighted by molar-refractivity contribution is -0.116. The molecular formula is C17H20N2O4. The molecule has 6 heteroatoms. The van der Waals surface area contributed by atoms with E-state index < -0.39 is 0 Å². The van der Waals surface area contributed by atoms with Crippen LogP contribution in [0.25, 0.3) is 6.08 Å². The molecule has 0 spiro atoms. The van der Waals surface area contributed by atoms with Crippen LogP contribution in [-0.2, 0) is 4.79 Å². The second-order valence-corrected chi connectivity index (χ2v) is 5.11. The first-order valence-corrected chi connectivity index (χ1v) is 7.41. The molecule has 23 heavy (non-hydrogen) atoms. The predicted molar refractivity (Wildman–Crippen MR) is 85.9 cm³/mol. The lowest BCUT2D eigenvalue weighted by atomic mass is 10.2. The van der Waals surface area contributed by atoms with E-state index in [0.29, 0.717) is 31.0 Å². The minimum Gasteiger partial charge on any atom is -0.462 e. The maximum Gasteiger partial charge on any atom is 0.287 e. The molecular weight excluding hydrogens is 296 g/mol. The predicted octanol–water partition coefficient (Wildman–Crippen LogP) is 2.44. The summed E-state index contributed by atoms with van der Waals surface area (Å²) in [7, 11) is 0. The van der Waals surface area contributed by atoms with Gasteiger partial charge in [0.15, 0.2) is 5.76 Å². The molecule has 2 aromatic rings. The van der Waals surface area contributed by atoms with Gasteiger partial charge in [0.25, 0.3) is 5.91 Å². The summed E-state index contributed by atoms with van der Waals surface area (Å²) in [6.45, 7) is 4.58. The Balaban J connectivity index is 1.62. The van der Waals surface area contributed by atoms with Gasteiger partial charge in [0.1, 0.15) is 11.5 Å². The van der Waals surface area contributed by atoms with Gasteiger partial charge in [-0.05, 0) is 44.5 Å². The first-order valence-electron chi connectivity index (χ1n) is 7.41. The number of hydrogen-bond acceptors (Lipinski definition) is 4. The van der Waals surface area contributed by atoms with Crippen LogP contribution in [0.5, 0.6) is 0 Å². The van der Waals surface area contributed by atoms with Crippen LogP contribution in [0.3, 0.4) is 0 Å². The molecule has 2 rings (SSSR count). The van der Waals surface area contributed by atoms with E-state index in [0.717, 1.165) is 11.3 Å². The molecule has 122 valence electrons. The van der Waals surface area contributed by atoms with Crippen molar-refractivity contribution >= 4 is 17.9 Å². The molecule has 6 nitrogen and oxygen atoms in total. The Morgan fingerprint density at radius 1 is 1.13 bits per heavy atom. The van der Waals surface area contributed by atoms with Gasteiger partial charge < -0.3 is 19.5 Å². The van der Waals surface area contributed by atoms with Gasteiger partial charge in [0.2, 0.25) is 5.91 Å². The molecule has 0 aliphatic carbocycles. The molecule has 2 amide bonds. The first-order chi connectivity index (χ1) is 11.1. The molecule has 0 saturated carbocycles. The van der Waals surface area contributed by atoms with E-state index in [-0.39, 0.29) is 11.8 Å². The molecule has 2 N–H and O–H groups in total. The fourth-order valence-electron chi connectivity index (χ4n) is 1.95. The van der Waals surface area contributed by atoms with Crippen LogP contribution in [0, 0.1) is 13.8 Å². The van der Waals surface area contributed by atoms with Crippen molar-refractivity contribution in [2.24, 2.45) is 0 Å². The number of aryl methyl sites for hydroxylation is 2. The number of amides is 2. The lowest BCUT2D eigenvalue weighted by Gasteiger charge is -2.04. The molecule has 0 aromatic carbocycles. The number of furan rings is 2. The highest BCUT2D eigenvalue weighted by molar-refractivity contribution is 5.92. The van der Waals surface area contributed by atoms with Crippen molar-refractivity contribution in [1.82, 2.24) is 10.6 Å². The van der Waals surface area contributed by atoms with E-state index >= 15 is 0 Å². The third-order valence-electron chi connectivity index (χ3n) is 3.17. The van der Waals surface area contributed by atoms with E-state index in [1.54, 1.807) is 18.2 Å². The molecule has 0 radical (unpaired) electrons. The highest BCUT2D eigenvalue weighted by atomic mass is 16.3. The van der Waals surface area contributed by atoms with Crippen molar-refractivity contribution < 1.29 is 18.4 Å². The van der Waals surface area contributed by atoms with E-state index in [2.05, 4.69) is 10.6 Å².